The summed E-state index contributed by atoms with van der Waals surface area (Å²) < 4.78 is 0. The molecule has 0 saturated carbocycles. The second kappa shape index (κ2) is 13.2. The van der Waals surface area contributed by atoms with E-state index in [1.165, 1.54) is 0 Å². The largest absolute Gasteiger partial charge is 0.273 e. The third kappa shape index (κ3) is 13.5. The Morgan fingerprint density at radius 3 is 2.11 bits per heavy atom. The Bertz CT molecular complexity index is 80.2. The zero-order chi connectivity index (χ0) is 6.24. The van der Waals surface area contributed by atoms with Crippen LogP contribution in [0.5, 0.6) is 0 Å². The minimum Gasteiger partial charge on any atom is -0.273 e. The summed E-state index contributed by atoms with van der Waals surface area (Å²) in [4.78, 5) is 0. The molecule has 0 spiro atoms. The fourth-order valence-electron chi connectivity index (χ4n) is 0.340. The molecule has 0 heterocycles. The molecule has 0 radical (unpaired) electrons. The standard InChI is InChI=1S/C5H5.Hf.I3/c1-2-4-5-3-1;;1-3-2/h1-3H,4H2;;/q-1;;-1. The van der Waals surface area contributed by atoms with Crippen LogP contribution in [0.25, 0.3) is 0 Å². The van der Waals surface area contributed by atoms with Gasteiger partial charge in [-0.2, -0.15) is 6.08 Å². The van der Waals surface area contributed by atoms with E-state index < -0.39 is 0 Å². The molecule has 1 aliphatic rings. The van der Waals surface area contributed by atoms with Crippen molar-refractivity contribution < 1.29 is 39.1 Å². The summed E-state index contributed by atoms with van der Waals surface area (Å²) in [6.45, 7) is 0. The third-order valence-electron chi connectivity index (χ3n) is 0.586. The van der Waals surface area contributed by atoms with Gasteiger partial charge in [0.15, 0.2) is 0 Å². The average molecular weight is 624 g/mol. The van der Waals surface area contributed by atoms with Gasteiger partial charge in [-0.05, 0) is 0 Å². The van der Waals surface area contributed by atoms with Crippen molar-refractivity contribution in [3.05, 3.63) is 24.3 Å². The van der Waals surface area contributed by atoms with Crippen molar-refractivity contribution in [3.8, 4) is 0 Å². The number of allylic oxidation sites excluding steroid dienone is 4. The van der Waals surface area contributed by atoms with Gasteiger partial charge in [0.05, 0.1) is 0 Å². The summed E-state index contributed by atoms with van der Waals surface area (Å²) in [7, 11) is 0. The van der Waals surface area contributed by atoms with Crippen molar-refractivity contribution in [1.29, 1.82) is 0 Å². The summed E-state index contributed by atoms with van der Waals surface area (Å²) in [5.74, 6) is 0. The van der Waals surface area contributed by atoms with E-state index in [0.717, 1.165) is 6.42 Å². The summed E-state index contributed by atoms with van der Waals surface area (Å²) in [5.41, 5.74) is 0. The zero-order valence-electron chi connectivity index (χ0n) is 4.57. The van der Waals surface area contributed by atoms with E-state index in [4.69, 9.17) is 0 Å². The quantitative estimate of drug-likeness (QED) is 0.204. The maximum Gasteiger partial charge on any atom is 0 e. The van der Waals surface area contributed by atoms with Crippen LogP contribution in [0.3, 0.4) is 0 Å². The van der Waals surface area contributed by atoms with Gasteiger partial charge >= 0.3 is 50.5 Å². The molecule has 0 atom stereocenters. The summed E-state index contributed by atoms with van der Waals surface area (Å²) >= 11 is 5.30. The summed E-state index contributed by atoms with van der Waals surface area (Å²) in [6, 6.07) is 0. The molecule has 0 amide bonds. The molecule has 0 aromatic rings. The third-order valence-corrected chi connectivity index (χ3v) is 0.586. The first kappa shape index (κ1) is 14.1. The molecule has 0 nitrogen and oxygen atoms in total. The van der Waals surface area contributed by atoms with Crippen LogP contribution in [-0.2, 0) is 25.8 Å². The second-order valence-corrected chi connectivity index (χ2v) is 17.3. The Balaban J connectivity index is 0. The monoisotopic (exact) mass is 626 g/mol. The summed E-state index contributed by atoms with van der Waals surface area (Å²) in [5, 5.41) is 0. The van der Waals surface area contributed by atoms with E-state index in [2.05, 4.69) is 49.4 Å². The molecule has 1 aliphatic carbocycles. The maximum atomic E-state index is 2.99. The molecule has 0 aromatic heterocycles. The minimum atomic E-state index is 0. The van der Waals surface area contributed by atoms with Crippen LogP contribution >= 0.6 is 37.2 Å². The topological polar surface area (TPSA) is 0 Å². The molecule has 52 valence electrons. The van der Waals surface area contributed by atoms with Gasteiger partial charge in [0.2, 0.25) is 0 Å². The number of rotatable bonds is 0. The average Bonchev–Trinajstić information content (AvgIpc) is 2.17. The van der Waals surface area contributed by atoms with E-state index in [-0.39, 0.29) is 25.8 Å². The molecule has 1 rings (SSSR count). The molecular formula is C5H5HfI3-2. The smallest absolute Gasteiger partial charge is 0 e. The van der Waals surface area contributed by atoms with Gasteiger partial charge in [-0.15, -0.1) is 6.42 Å². The molecule has 0 saturated heterocycles. The first-order chi connectivity index (χ1) is 3.91. The molecule has 0 unspecified atom stereocenters. The fourth-order valence-corrected chi connectivity index (χ4v) is 0.340. The van der Waals surface area contributed by atoms with Crippen molar-refractivity contribution in [1.82, 2.24) is 0 Å². The van der Waals surface area contributed by atoms with Crippen molar-refractivity contribution >= 4 is 37.2 Å². The van der Waals surface area contributed by atoms with E-state index in [0.29, 0.717) is 13.3 Å². The number of halogens is 3. The predicted octanol–water partition coefficient (Wildman–Crippen LogP) is 0.0786. The number of hydrogen-bond donors (Lipinski definition) is 0. The van der Waals surface area contributed by atoms with Gasteiger partial charge in [0.25, 0.3) is 0 Å². The number of hydrogen-bond acceptors (Lipinski definition) is 0. The molecule has 0 bridgehead atoms. The van der Waals surface area contributed by atoms with Crippen LogP contribution in [0.2, 0.25) is 0 Å². The van der Waals surface area contributed by atoms with Gasteiger partial charge in [-0.1, -0.05) is 0 Å². The van der Waals surface area contributed by atoms with Gasteiger partial charge < -0.3 is 0 Å². The Morgan fingerprint density at radius 2 is 2.00 bits per heavy atom. The Labute approximate surface area is 105 Å². The minimum absolute atomic E-state index is 0. The van der Waals surface area contributed by atoms with Crippen LogP contribution < -0.4 is 13.3 Å². The van der Waals surface area contributed by atoms with Crippen LogP contribution in [0, 0.1) is 6.08 Å². The Hall–Kier alpha value is 2.54. The van der Waals surface area contributed by atoms with Gasteiger partial charge in [-0.25, -0.2) is 12.2 Å². The van der Waals surface area contributed by atoms with E-state index in [9.17, 15) is 0 Å². The van der Waals surface area contributed by atoms with Crippen LogP contribution in [0.4, 0.5) is 0 Å². The van der Waals surface area contributed by atoms with Crippen LogP contribution in [0.15, 0.2) is 18.2 Å². The molecule has 4 heteroatoms. The Kier molecular flexibility index (Phi) is 20.6. The fraction of sp³-hybridized carbons (Fsp3) is 0.200. The molecule has 0 aromatic carbocycles. The van der Waals surface area contributed by atoms with Gasteiger partial charge in [0, 0.05) is 25.8 Å². The van der Waals surface area contributed by atoms with Crippen molar-refractivity contribution in [2.45, 2.75) is 6.42 Å². The molecule has 0 aliphatic heterocycles. The van der Waals surface area contributed by atoms with Crippen LogP contribution in [0.1, 0.15) is 6.42 Å². The van der Waals surface area contributed by atoms with E-state index in [1.807, 2.05) is 12.2 Å². The van der Waals surface area contributed by atoms with Gasteiger partial charge in [-0.3, -0.25) is 6.08 Å². The second-order valence-electron chi connectivity index (χ2n) is 1.06. The molecular weight excluding hydrogens is 619 g/mol. The van der Waals surface area contributed by atoms with E-state index >= 15 is 0 Å². The zero-order valence-corrected chi connectivity index (χ0v) is 14.6. The van der Waals surface area contributed by atoms with Crippen molar-refractivity contribution in [3.63, 3.8) is 0 Å². The van der Waals surface area contributed by atoms with Crippen molar-refractivity contribution in [2.24, 2.45) is 0 Å². The van der Waals surface area contributed by atoms with Crippen LogP contribution in [-0.4, -0.2) is 0 Å². The summed E-state index contributed by atoms with van der Waals surface area (Å²) in [6.07, 6.45) is 10.0. The first-order valence-corrected chi connectivity index (χ1v) is 14.6. The Morgan fingerprint density at radius 1 is 1.44 bits per heavy atom. The van der Waals surface area contributed by atoms with Crippen molar-refractivity contribution in [2.75, 3.05) is 0 Å². The predicted molar refractivity (Wildman–Crippen MR) is 49.6 cm³/mol. The molecule has 0 fully saturated rings. The molecule has 0 N–H and O–H groups in total. The normalized spacial score (nSPS) is 12.2. The first-order valence-electron chi connectivity index (χ1n) is 2.00. The molecule has 9 heavy (non-hydrogen) atoms. The maximum absolute atomic E-state index is 2.99. The van der Waals surface area contributed by atoms with E-state index in [1.54, 1.807) is 0 Å². The van der Waals surface area contributed by atoms with Gasteiger partial charge in [0.1, 0.15) is 0 Å². The SMILES string of the molecule is I[I-]I.[C-]1=CC=CC1.[Hf].